The van der Waals surface area contributed by atoms with E-state index in [2.05, 4.69) is 10.2 Å². The number of nitrogens with zero attached hydrogens (tertiary/aromatic N) is 1. The first-order valence-electron chi connectivity index (χ1n) is 4.83. The van der Waals surface area contributed by atoms with Gasteiger partial charge in [-0.3, -0.25) is 9.69 Å². The highest BCUT2D eigenvalue weighted by Gasteiger charge is 2.22. The van der Waals surface area contributed by atoms with Gasteiger partial charge in [-0.15, -0.1) is 0 Å². The summed E-state index contributed by atoms with van der Waals surface area (Å²) in [5.74, 6) is 0.0137. The Morgan fingerprint density at radius 3 is 3.08 bits per heavy atom. The molecule has 1 unspecified atom stereocenters. The average molecular weight is 186 g/mol. The van der Waals surface area contributed by atoms with Gasteiger partial charge in [0.1, 0.15) is 0 Å². The molecule has 0 bridgehead atoms. The van der Waals surface area contributed by atoms with Crippen molar-refractivity contribution in [1.29, 1.82) is 0 Å². The van der Waals surface area contributed by atoms with Gasteiger partial charge in [-0.05, 0) is 19.4 Å². The number of likely N-dealkylation sites (tertiary alicyclic amines) is 1. The van der Waals surface area contributed by atoms with Crippen molar-refractivity contribution in [3.8, 4) is 0 Å². The minimum Gasteiger partial charge on any atom is -0.395 e. The van der Waals surface area contributed by atoms with Gasteiger partial charge < -0.3 is 10.4 Å². The number of amides is 1. The van der Waals surface area contributed by atoms with Crippen molar-refractivity contribution in [1.82, 2.24) is 10.2 Å². The Labute approximate surface area is 78.9 Å². The van der Waals surface area contributed by atoms with Gasteiger partial charge in [-0.2, -0.15) is 0 Å². The summed E-state index contributed by atoms with van der Waals surface area (Å²) in [7, 11) is 0. The summed E-state index contributed by atoms with van der Waals surface area (Å²) in [5, 5.41) is 11.8. The second kappa shape index (κ2) is 5.19. The summed E-state index contributed by atoms with van der Waals surface area (Å²) in [6, 6.07) is 0.314. The highest BCUT2D eigenvalue weighted by Crippen LogP contribution is 2.15. The molecule has 13 heavy (non-hydrogen) atoms. The zero-order valence-electron chi connectivity index (χ0n) is 8.12. The lowest BCUT2D eigenvalue weighted by molar-refractivity contribution is -0.119. The number of carbonyl (C=O) groups is 1. The van der Waals surface area contributed by atoms with Gasteiger partial charge in [-0.1, -0.05) is 0 Å². The third-order valence-electron chi connectivity index (χ3n) is 2.48. The van der Waals surface area contributed by atoms with E-state index in [0.29, 0.717) is 12.6 Å². The molecule has 0 aromatic rings. The first kappa shape index (κ1) is 10.5. The number of rotatable bonds is 4. The Bertz CT molecular complexity index is 173. The van der Waals surface area contributed by atoms with Crippen LogP contribution in [0.5, 0.6) is 0 Å². The molecule has 0 aromatic heterocycles. The third-order valence-corrected chi connectivity index (χ3v) is 2.48. The van der Waals surface area contributed by atoms with E-state index in [0.717, 1.165) is 25.9 Å². The number of carbonyl (C=O) groups excluding carboxylic acids is 1. The third kappa shape index (κ3) is 3.32. The van der Waals surface area contributed by atoms with Crippen LogP contribution in [-0.2, 0) is 4.79 Å². The van der Waals surface area contributed by atoms with Crippen molar-refractivity contribution in [2.75, 3.05) is 26.2 Å². The van der Waals surface area contributed by atoms with Gasteiger partial charge in [-0.25, -0.2) is 0 Å². The van der Waals surface area contributed by atoms with E-state index in [1.54, 1.807) is 0 Å². The van der Waals surface area contributed by atoms with Gasteiger partial charge in [0, 0.05) is 26.1 Å². The summed E-state index contributed by atoms with van der Waals surface area (Å²) in [6.45, 7) is 4.34. The molecule has 2 N–H and O–H groups in total. The van der Waals surface area contributed by atoms with E-state index in [1.807, 2.05) is 0 Å². The predicted octanol–water partition coefficient (Wildman–Crippen LogP) is -0.421. The normalized spacial score (nSPS) is 23.4. The fourth-order valence-corrected chi connectivity index (χ4v) is 1.77. The fraction of sp³-hybridized carbons (Fsp3) is 0.889. The molecule has 1 aliphatic heterocycles. The topological polar surface area (TPSA) is 52.6 Å². The molecule has 1 fully saturated rings. The van der Waals surface area contributed by atoms with Crippen LogP contribution < -0.4 is 5.32 Å². The van der Waals surface area contributed by atoms with Crippen molar-refractivity contribution in [2.45, 2.75) is 25.8 Å². The Balaban J connectivity index is 2.16. The molecule has 1 heterocycles. The van der Waals surface area contributed by atoms with Crippen LogP contribution in [0.25, 0.3) is 0 Å². The number of aliphatic hydroxyl groups is 1. The van der Waals surface area contributed by atoms with Gasteiger partial charge >= 0.3 is 0 Å². The molecule has 1 aliphatic rings. The minimum atomic E-state index is 0.0137. The Morgan fingerprint density at radius 1 is 1.69 bits per heavy atom. The smallest absolute Gasteiger partial charge is 0.216 e. The number of hydrogen-bond acceptors (Lipinski definition) is 3. The maximum Gasteiger partial charge on any atom is 0.216 e. The lowest BCUT2D eigenvalue weighted by Gasteiger charge is -2.22. The Hall–Kier alpha value is -0.610. The van der Waals surface area contributed by atoms with E-state index < -0.39 is 0 Å². The van der Waals surface area contributed by atoms with Crippen molar-refractivity contribution >= 4 is 5.91 Å². The van der Waals surface area contributed by atoms with Crippen LogP contribution in [0.3, 0.4) is 0 Å². The molecule has 0 aromatic carbocycles. The molecule has 4 nitrogen and oxygen atoms in total. The molecule has 0 radical (unpaired) electrons. The van der Waals surface area contributed by atoms with Crippen molar-refractivity contribution < 1.29 is 9.90 Å². The average Bonchev–Trinajstić information content (AvgIpc) is 2.51. The van der Waals surface area contributed by atoms with Crippen LogP contribution in [-0.4, -0.2) is 48.2 Å². The molecule has 0 saturated carbocycles. The van der Waals surface area contributed by atoms with E-state index in [1.165, 1.54) is 6.92 Å². The molecule has 1 saturated heterocycles. The van der Waals surface area contributed by atoms with E-state index in [9.17, 15) is 4.79 Å². The van der Waals surface area contributed by atoms with Crippen LogP contribution in [0.1, 0.15) is 19.8 Å². The van der Waals surface area contributed by atoms with Crippen LogP contribution in [0, 0.1) is 0 Å². The van der Waals surface area contributed by atoms with E-state index >= 15 is 0 Å². The standard InChI is InChI=1S/C9H18N2O2/c1-8(13)10-4-6-11-5-2-3-9(11)7-12/h9,12H,2-7H2,1H3,(H,10,13). The van der Waals surface area contributed by atoms with Crippen molar-refractivity contribution in [3.63, 3.8) is 0 Å². The molecule has 1 atom stereocenters. The summed E-state index contributed by atoms with van der Waals surface area (Å²) >= 11 is 0. The maximum atomic E-state index is 10.6. The highest BCUT2D eigenvalue weighted by atomic mass is 16.3. The van der Waals surface area contributed by atoms with Crippen LogP contribution in [0.15, 0.2) is 0 Å². The molecule has 4 heteroatoms. The van der Waals surface area contributed by atoms with Gasteiger partial charge in [0.25, 0.3) is 0 Å². The van der Waals surface area contributed by atoms with Crippen LogP contribution >= 0.6 is 0 Å². The Morgan fingerprint density at radius 2 is 2.46 bits per heavy atom. The lowest BCUT2D eigenvalue weighted by atomic mass is 10.2. The minimum absolute atomic E-state index is 0.0137. The summed E-state index contributed by atoms with van der Waals surface area (Å²) in [6.07, 6.45) is 2.24. The monoisotopic (exact) mass is 186 g/mol. The molecular formula is C9H18N2O2. The molecule has 1 rings (SSSR count). The summed E-state index contributed by atoms with van der Waals surface area (Å²) in [4.78, 5) is 12.8. The van der Waals surface area contributed by atoms with Gasteiger partial charge in [0.05, 0.1) is 6.61 Å². The summed E-state index contributed by atoms with van der Waals surface area (Å²) < 4.78 is 0. The summed E-state index contributed by atoms with van der Waals surface area (Å²) in [5.41, 5.74) is 0. The first-order chi connectivity index (χ1) is 6.24. The first-order valence-corrected chi connectivity index (χ1v) is 4.83. The fourth-order valence-electron chi connectivity index (χ4n) is 1.77. The quantitative estimate of drug-likeness (QED) is 0.627. The predicted molar refractivity (Wildman–Crippen MR) is 50.4 cm³/mol. The number of nitrogens with one attached hydrogen (secondary N) is 1. The van der Waals surface area contributed by atoms with E-state index in [-0.39, 0.29) is 12.5 Å². The van der Waals surface area contributed by atoms with Crippen molar-refractivity contribution in [3.05, 3.63) is 0 Å². The zero-order valence-corrected chi connectivity index (χ0v) is 8.12. The van der Waals surface area contributed by atoms with Crippen LogP contribution in [0.4, 0.5) is 0 Å². The number of aliphatic hydroxyl groups excluding tert-OH is 1. The lowest BCUT2D eigenvalue weighted by Crippen LogP contribution is -2.38. The Kier molecular flexibility index (Phi) is 4.18. The van der Waals surface area contributed by atoms with Crippen molar-refractivity contribution in [2.24, 2.45) is 0 Å². The number of hydrogen-bond donors (Lipinski definition) is 2. The van der Waals surface area contributed by atoms with Gasteiger partial charge in [0.2, 0.25) is 5.91 Å². The second-order valence-corrected chi connectivity index (χ2v) is 3.50. The second-order valence-electron chi connectivity index (χ2n) is 3.50. The maximum absolute atomic E-state index is 10.6. The molecular weight excluding hydrogens is 168 g/mol. The van der Waals surface area contributed by atoms with Gasteiger partial charge in [0.15, 0.2) is 0 Å². The molecule has 1 amide bonds. The van der Waals surface area contributed by atoms with E-state index in [4.69, 9.17) is 5.11 Å². The molecule has 0 spiro atoms. The molecule has 76 valence electrons. The SMILES string of the molecule is CC(=O)NCCN1CCCC1CO. The molecule has 0 aliphatic carbocycles. The highest BCUT2D eigenvalue weighted by molar-refractivity contribution is 5.72. The zero-order chi connectivity index (χ0) is 9.68. The van der Waals surface area contributed by atoms with Crippen LogP contribution in [0.2, 0.25) is 0 Å². The largest absolute Gasteiger partial charge is 0.395 e.